The summed E-state index contributed by atoms with van der Waals surface area (Å²) in [6.07, 6.45) is -0.266. The van der Waals surface area contributed by atoms with Gasteiger partial charge in [0.15, 0.2) is 11.6 Å². The van der Waals surface area contributed by atoms with Crippen molar-refractivity contribution in [1.82, 2.24) is 15.4 Å². The Morgan fingerprint density at radius 1 is 0.909 bits per heavy atom. The topological polar surface area (TPSA) is 104 Å². The SMILES string of the molecule is CNC(=O)C(NC(=O)CCNS(=O)(=O)c1c(C)c(C)c(C)c(C)c1C)c1ccc(F)c(F)c1. The molecule has 2 aromatic rings. The lowest BCUT2D eigenvalue weighted by molar-refractivity contribution is -0.128. The van der Waals surface area contributed by atoms with Crippen molar-refractivity contribution >= 4 is 21.8 Å². The molecule has 0 fully saturated rings. The van der Waals surface area contributed by atoms with Gasteiger partial charge < -0.3 is 10.6 Å². The van der Waals surface area contributed by atoms with E-state index in [1.165, 1.54) is 13.1 Å². The third-order valence-electron chi connectivity index (χ3n) is 5.93. The molecule has 10 heteroatoms. The van der Waals surface area contributed by atoms with Gasteiger partial charge >= 0.3 is 0 Å². The van der Waals surface area contributed by atoms with Crippen LogP contribution in [0.5, 0.6) is 0 Å². The number of halogens is 2. The van der Waals surface area contributed by atoms with E-state index in [-0.39, 0.29) is 23.4 Å². The second kappa shape index (κ2) is 10.4. The van der Waals surface area contributed by atoms with Crippen LogP contribution in [0, 0.1) is 46.3 Å². The molecule has 0 saturated heterocycles. The van der Waals surface area contributed by atoms with Gasteiger partial charge in [0.2, 0.25) is 21.8 Å². The van der Waals surface area contributed by atoms with E-state index >= 15 is 0 Å². The largest absolute Gasteiger partial charge is 0.357 e. The predicted octanol–water partition coefficient (Wildman–Crippen LogP) is 2.78. The molecule has 3 N–H and O–H groups in total. The van der Waals surface area contributed by atoms with E-state index in [4.69, 9.17) is 0 Å². The number of likely N-dealkylation sites (N-methyl/N-ethyl adjacent to an activating group) is 1. The summed E-state index contributed by atoms with van der Waals surface area (Å²) in [6.45, 7) is 8.94. The van der Waals surface area contributed by atoms with Gasteiger partial charge in [-0.3, -0.25) is 9.59 Å². The zero-order valence-electron chi connectivity index (χ0n) is 19.5. The molecule has 2 amide bonds. The highest BCUT2D eigenvalue weighted by atomic mass is 32.2. The van der Waals surface area contributed by atoms with E-state index in [9.17, 15) is 26.8 Å². The van der Waals surface area contributed by atoms with Crippen LogP contribution in [0.1, 0.15) is 45.8 Å². The fraction of sp³-hybridized carbons (Fsp3) is 0.391. The first-order chi connectivity index (χ1) is 15.3. The molecule has 7 nitrogen and oxygen atoms in total. The highest BCUT2D eigenvalue weighted by Gasteiger charge is 2.25. The molecule has 0 radical (unpaired) electrons. The van der Waals surface area contributed by atoms with Crippen molar-refractivity contribution in [3.05, 3.63) is 63.2 Å². The lowest BCUT2D eigenvalue weighted by atomic mass is 9.95. The van der Waals surface area contributed by atoms with Crippen molar-refractivity contribution in [2.45, 2.75) is 52.0 Å². The van der Waals surface area contributed by atoms with Crippen LogP contribution >= 0.6 is 0 Å². The van der Waals surface area contributed by atoms with Gasteiger partial charge in [0.25, 0.3) is 0 Å². The van der Waals surface area contributed by atoms with Crippen LogP contribution in [0.15, 0.2) is 23.1 Å². The Hall–Kier alpha value is -2.85. The number of nitrogens with one attached hydrogen (secondary N) is 3. The lowest BCUT2D eigenvalue weighted by Gasteiger charge is -2.20. The lowest BCUT2D eigenvalue weighted by Crippen LogP contribution is -2.40. The summed E-state index contributed by atoms with van der Waals surface area (Å²) < 4.78 is 55.2. The Labute approximate surface area is 193 Å². The molecule has 0 aliphatic carbocycles. The number of amides is 2. The third-order valence-corrected chi connectivity index (χ3v) is 7.67. The Kier molecular flexibility index (Phi) is 8.31. The van der Waals surface area contributed by atoms with Gasteiger partial charge in [-0.1, -0.05) is 6.07 Å². The highest BCUT2D eigenvalue weighted by Crippen LogP contribution is 2.29. The van der Waals surface area contributed by atoms with Gasteiger partial charge in [0, 0.05) is 20.0 Å². The maximum absolute atomic E-state index is 13.6. The van der Waals surface area contributed by atoms with E-state index in [1.54, 1.807) is 13.8 Å². The number of carbonyl (C=O) groups is 2. The fourth-order valence-electron chi connectivity index (χ4n) is 3.61. The van der Waals surface area contributed by atoms with Gasteiger partial charge in [-0.15, -0.1) is 0 Å². The summed E-state index contributed by atoms with van der Waals surface area (Å²) in [4.78, 5) is 24.8. The number of hydrogen-bond donors (Lipinski definition) is 3. The summed E-state index contributed by atoms with van der Waals surface area (Å²) in [6, 6.07) is 1.61. The molecule has 0 bridgehead atoms. The first-order valence-electron chi connectivity index (χ1n) is 10.3. The van der Waals surface area contributed by atoms with Crippen molar-refractivity contribution in [1.29, 1.82) is 0 Å². The van der Waals surface area contributed by atoms with E-state index in [0.717, 1.165) is 28.8 Å². The molecule has 0 heterocycles. The molecule has 1 unspecified atom stereocenters. The molecule has 1 atom stereocenters. The Bertz CT molecular complexity index is 1170. The summed E-state index contributed by atoms with van der Waals surface area (Å²) >= 11 is 0. The molecule has 0 aliphatic rings. The molecular weight excluding hydrogens is 452 g/mol. The first-order valence-corrected chi connectivity index (χ1v) is 11.8. The minimum atomic E-state index is -3.89. The quantitative estimate of drug-likeness (QED) is 0.539. The van der Waals surface area contributed by atoms with Crippen molar-refractivity contribution in [3.8, 4) is 0 Å². The van der Waals surface area contributed by atoms with E-state index in [1.807, 2.05) is 20.8 Å². The van der Waals surface area contributed by atoms with Crippen molar-refractivity contribution < 1.29 is 26.8 Å². The predicted molar refractivity (Wildman–Crippen MR) is 121 cm³/mol. The smallest absolute Gasteiger partial charge is 0.246 e. The monoisotopic (exact) mass is 481 g/mol. The van der Waals surface area contributed by atoms with Gasteiger partial charge in [-0.05, 0) is 80.1 Å². The van der Waals surface area contributed by atoms with Gasteiger partial charge in [0.1, 0.15) is 6.04 Å². The van der Waals surface area contributed by atoms with Gasteiger partial charge in [-0.25, -0.2) is 21.9 Å². The van der Waals surface area contributed by atoms with Crippen molar-refractivity contribution in [2.75, 3.05) is 13.6 Å². The average molecular weight is 482 g/mol. The van der Waals surface area contributed by atoms with Crippen LogP contribution in [0.3, 0.4) is 0 Å². The Balaban J connectivity index is 2.14. The zero-order chi connectivity index (χ0) is 25.1. The van der Waals surface area contributed by atoms with Crippen LogP contribution < -0.4 is 15.4 Å². The zero-order valence-corrected chi connectivity index (χ0v) is 20.3. The third kappa shape index (κ3) is 5.75. The maximum Gasteiger partial charge on any atom is 0.246 e. The number of benzene rings is 2. The van der Waals surface area contributed by atoms with Crippen molar-refractivity contribution in [2.24, 2.45) is 0 Å². The second-order valence-corrected chi connectivity index (χ2v) is 9.59. The maximum atomic E-state index is 13.6. The number of hydrogen-bond acceptors (Lipinski definition) is 4. The molecule has 0 spiro atoms. The first kappa shape index (κ1) is 26.4. The summed E-state index contributed by atoms with van der Waals surface area (Å²) in [5.74, 6) is -3.51. The number of carbonyl (C=O) groups excluding carboxylic acids is 2. The van der Waals surface area contributed by atoms with Crippen molar-refractivity contribution in [3.63, 3.8) is 0 Å². The number of rotatable bonds is 8. The van der Waals surface area contributed by atoms with E-state index in [0.29, 0.717) is 11.1 Å². The van der Waals surface area contributed by atoms with Crippen LogP contribution in [-0.4, -0.2) is 33.8 Å². The number of sulfonamides is 1. The second-order valence-electron chi connectivity index (χ2n) is 7.89. The normalized spacial score (nSPS) is 12.4. The highest BCUT2D eigenvalue weighted by molar-refractivity contribution is 7.89. The van der Waals surface area contributed by atoms with Crippen LogP contribution in [0.2, 0.25) is 0 Å². The summed E-state index contributed by atoms with van der Waals surface area (Å²) in [5.41, 5.74) is 4.14. The van der Waals surface area contributed by atoms with Gasteiger partial charge in [-0.2, -0.15) is 0 Å². The van der Waals surface area contributed by atoms with E-state index in [2.05, 4.69) is 15.4 Å². The molecule has 180 valence electrons. The minimum absolute atomic E-state index is 0.0547. The van der Waals surface area contributed by atoms with Gasteiger partial charge in [0.05, 0.1) is 4.90 Å². The molecule has 0 aliphatic heterocycles. The summed E-state index contributed by atoms with van der Waals surface area (Å²) in [5, 5.41) is 4.78. The molecule has 2 aromatic carbocycles. The minimum Gasteiger partial charge on any atom is -0.357 e. The molecule has 33 heavy (non-hydrogen) atoms. The standard InChI is InChI=1S/C23H29F2N3O4S/c1-12-13(2)15(4)22(16(5)14(12)3)33(31,32)27-10-9-20(29)28-21(23(30)26-6)17-7-8-18(24)19(25)11-17/h7-8,11,21,27H,9-10H2,1-6H3,(H,26,30)(H,28,29). The Morgan fingerprint density at radius 2 is 1.45 bits per heavy atom. The van der Waals surface area contributed by atoms with E-state index < -0.39 is 39.5 Å². The average Bonchev–Trinajstić information content (AvgIpc) is 2.76. The van der Waals surface area contributed by atoms with Crippen LogP contribution in [0.4, 0.5) is 8.78 Å². The summed E-state index contributed by atoms with van der Waals surface area (Å²) in [7, 11) is -2.55. The molecular formula is C23H29F2N3O4S. The van der Waals surface area contributed by atoms with Crippen LogP contribution in [0.25, 0.3) is 0 Å². The Morgan fingerprint density at radius 3 is 1.97 bits per heavy atom. The molecule has 2 rings (SSSR count). The molecule has 0 saturated carbocycles. The van der Waals surface area contributed by atoms with Crippen LogP contribution in [-0.2, 0) is 19.6 Å². The molecule has 0 aromatic heterocycles. The fourth-order valence-corrected chi connectivity index (χ4v) is 5.24.